The molecule has 2 unspecified atom stereocenters. The molecular formula is C36H36Cl2GeZr. The van der Waals surface area contributed by atoms with E-state index in [2.05, 4.69) is 136 Å². The van der Waals surface area contributed by atoms with Crippen LogP contribution in [0.5, 0.6) is 0 Å². The van der Waals surface area contributed by atoms with Crippen molar-refractivity contribution in [1.82, 2.24) is 0 Å². The number of halogens is 2. The van der Waals surface area contributed by atoms with Crippen LogP contribution in [-0.2, 0) is 18.6 Å². The number of hydrogen-bond donors (Lipinski definition) is 0. The third-order valence-electron chi connectivity index (χ3n) is 8.52. The van der Waals surface area contributed by atoms with Crippen molar-refractivity contribution < 1.29 is 43.4 Å². The van der Waals surface area contributed by atoms with Crippen molar-refractivity contribution in [1.29, 1.82) is 0 Å². The summed E-state index contributed by atoms with van der Waals surface area (Å²) in [5.74, 6) is 6.45. The smallest absolute Gasteiger partial charge is 1.00 e. The second kappa shape index (κ2) is 12.7. The number of allylic oxidation sites excluding steroid dienone is 8. The third-order valence-corrected chi connectivity index (χ3v) is 36.8. The Hall–Kier alpha value is -1.63. The fourth-order valence-corrected chi connectivity index (χ4v) is 38.9. The summed E-state index contributed by atoms with van der Waals surface area (Å²) in [5.41, 5.74) is 8.95. The average molecular weight is 703 g/mol. The van der Waals surface area contributed by atoms with E-state index < -0.39 is 28.6 Å². The minimum atomic E-state index is -2.01. The molecule has 2 aliphatic rings. The minimum Gasteiger partial charge on any atom is -1.00 e. The summed E-state index contributed by atoms with van der Waals surface area (Å²) in [4.78, 5) is 0. The second-order valence-corrected chi connectivity index (χ2v) is 39.0. The molecule has 0 amide bonds. The van der Waals surface area contributed by atoms with Crippen LogP contribution in [0.15, 0.2) is 115 Å². The third kappa shape index (κ3) is 5.57. The van der Waals surface area contributed by atoms with Gasteiger partial charge in [0, 0.05) is 0 Å². The summed E-state index contributed by atoms with van der Waals surface area (Å²) >= 11 is -2.01. The maximum Gasteiger partial charge on any atom is -1.00 e. The average Bonchev–Trinajstić information content (AvgIpc) is 3.38. The standard InChI is InChI=1S/2C17H15.C2H6Ge.2ClH.Zr/c2*1-12-9-13(2)17(10-12)16-8-7-14-5-3-4-6-15(14)11-16;1-3-2;;;/h2*3-8,10-12H,1-2H3;1-2H3;2*1H;/q;;;;;+2/p-2. The van der Waals surface area contributed by atoms with Crippen LogP contribution in [-0.4, -0.2) is 9.98 Å². The van der Waals surface area contributed by atoms with Crippen LogP contribution < -0.4 is 24.8 Å². The molecule has 202 valence electrons. The van der Waals surface area contributed by atoms with Crippen LogP contribution in [0, 0.1) is 11.8 Å². The number of benzene rings is 4. The van der Waals surface area contributed by atoms with Gasteiger partial charge in [0.05, 0.1) is 0 Å². The molecule has 0 N–H and O–H groups in total. The van der Waals surface area contributed by atoms with Gasteiger partial charge in [-0.3, -0.25) is 0 Å². The Bertz CT molecular complexity index is 1660. The Morgan fingerprint density at radius 3 is 1.30 bits per heavy atom. The van der Waals surface area contributed by atoms with Gasteiger partial charge in [0.15, 0.2) is 0 Å². The van der Waals surface area contributed by atoms with Crippen molar-refractivity contribution in [3.05, 3.63) is 126 Å². The molecule has 6 rings (SSSR count). The monoisotopic (exact) mass is 702 g/mol. The molecule has 0 saturated heterocycles. The molecule has 0 fully saturated rings. The maximum absolute atomic E-state index is 2.66. The molecule has 0 nitrogen and oxygen atoms in total. The van der Waals surface area contributed by atoms with E-state index in [0.29, 0.717) is 11.8 Å². The van der Waals surface area contributed by atoms with Gasteiger partial charge >= 0.3 is 238 Å². The summed E-state index contributed by atoms with van der Waals surface area (Å²) in [6.07, 6.45) is 5.17. The van der Waals surface area contributed by atoms with Crippen LogP contribution in [0.3, 0.4) is 0 Å². The Morgan fingerprint density at radius 1 is 0.550 bits per heavy atom. The summed E-state index contributed by atoms with van der Waals surface area (Å²) in [6, 6.07) is 31.6. The van der Waals surface area contributed by atoms with Gasteiger partial charge < -0.3 is 24.8 Å². The maximum atomic E-state index is 2.66. The SMILES string of the molecule is CC1=[C]([Zr+2]([C]2=C(C)C(c3ccc4ccccc4c3)=CC2C)=[Ge]([CH3])[CH3])C(C)C=C1c1ccc2ccccc2c1.[Cl-].[Cl-]. The van der Waals surface area contributed by atoms with E-state index >= 15 is 0 Å². The fourth-order valence-electron chi connectivity index (χ4n) is 6.74. The predicted octanol–water partition coefficient (Wildman–Crippen LogP) is 4.18. The van der Waals surface area contributed by atoms with Crippen LogP contribution in [0.2, 0.25) is 11.5 Å². The molecular weight excluding hydrogens is 667 g/mol. The molecule has 2 atom stereocenters. The fraction of sp³-hybridized carbons (Fsp3) is 0.222. The summed E-state index contributed by atoms with van der Waals surface area (Å²) < 4.78 is 3.76. The zero-order chi connectivity index (χ0) is 26.6. The summed E-state index contributed by atoms with van der Waals surface area (Å²) in [5, 5.41) is 5.33. The quantitative estimate of drug-likeness (QED) is 0.280. The first-order chi connectivity index (χ1) is 18.3. The van der Waals surface area contributed by atoms with E-state index in [4.69, 9.17) is 0 Å². The largest absolute Gasteiger partial charge is 1.00 e. The van der Waals surface area contributed by atoms with Gasteiger partial charge in [0.1, 0.15) is 0 Å². The van der Waals surface area contributed by atoms with E-state index in [1.54, 1.807) is 11.1 Å². The molecule has 2 aliphatic carbocycles. The van der Waals surface area contributed by atoms with Gasteiger partial charge in [-0.25, -0.2) is 0 Å². The van der Waals surface area contributed by atoms with E-state index in [1.165, 1.54) is 43.8 Å². The van der Waals surface area contributed by atoms with Crippen molar-refractivity contribution in [3.63, 3.8) is 0 Å². The van der Waals surface area contributed by atoms with Gasteiger partial charge in [-0.05, 0) is 0 Å². The number of rotatable bonds is 4. The molecule has 0 bridgehead atoms. The molecule has 4 aromatic carbocycles. The van der Waals surface area contributed by atoms with E-state index in [0.717, 1.165) is 0 Å². The normalized spacial score (nSPS) is 18.2. The van der Waals surface area contributed by atoms with Crippen molar-refractivity contribution in [2.45, 2.75) is 39.2 Å². The molecule has 0 spiro atoms. The summed E-state index contributed by atoms with van der Waals surface area (Å²) in [7, 11) is -1.17. The second-order valence-electron chi connectivity index (χ2n) is 11.3. The van der Waals surface area contributed by atoms with Crippen molar-refractivity contribution in [2.24, 2.45) is 11.8 Å². The zero-order valence-corrected chi connectivity index (χ0v) is 30.2. The first-order valence-electron chi connectivity index (χ1n) is 13.9. The van der Waals surface area contributed by atoms with Gasteiger partial charge in [-0.15, -0.1) is 0 Å². The molecule has 0 radical (unpaired) electrons. The van der Waals surface area contributed by atoms with Crippen LogP contribution in [0.25, 0.3) is 32.7 Å². The minimum absolute atomic E-state index is 0. The predicted molar refractivity (Wildman–Crippen MR) is 165 cm³/mol. The van der Waals surface area contributed by atoms with Gasteiger partial charge in [0.2, 0.25) is 0 Å². The van der Waals surface area contributed by atoms with Gasteiger partial charge in [0.25, 0.3) is 0 Å². The Balaban J connectivity index is 0.00000185. The number of hydrogen-bond acceptors (Lipinski definition) is 0. The zero-order valence-electron chi connectivity index (χ0n) is 24.1. The molecule has 40 heavy (non-hydrogen) atoms. The molecule has 4 aromatic rings. The van der Waals surface area contributed by atoms with E-state index in [-0.39, 0.29) is 24.8 Å². The molecule has 0 aliphatic heterocycles. The van der Waals surface area contributed by atoms with E-state index in [1.807, 2.05) is 6.56 Å². The van der Waals surface area contributed by atoms with Crippen LogP contribution >= 0.6 is 0 Å². The Morgan fingerprint density at radius 2 is 0.925 bits per heavy atom. The van der Waals surface area contributed by atoms with Crippen LogP contribution in [0.1, 0.15) is 38.8 Å². The van der Waals surface area contributed by atoms with Crippen molar-refractivity contribution >= 4 is 42.7 Å². The molecule has 4 heteroatoms. The van der Waals surface area contributed by atoms with Gasteiger partial charge in [-0.1, -0.05) is 0 Å². The molecule has 0 heterocycles. The van der Waals surface area contributed by atoms with Crippen molar-refractivity contribution in [3.8, 4) is 0 Å². The summed E-state index contributed by atoms with van der Waals surface area (Å²) in [6.45, 7) is 9.83. The first-order valence-corrected chi connectivity index (χ1v) is 27.9. The Labute approximate surface area is 260 Å². The van der Waals surface area contributed by atoms with Gasteiger partial charge in [-0.2, -0.15) is 0 Å². The first kappa shape index (κ1) is 31.3. The Kier molecular flexibility index (Phi) is 9.94. The van der Waals surface area contributed by atoms with Crippen LogP contribution in [0.4, 0.5) is 0 Å². The molecule has 0 saturated carbocycles. The molecule has 0 aromatic heterocycles. The topological polar surface area (TPSA) is 0 Å². The number of fused-ring (bicyclic) bond motifs is 2. The van der Waals surface area contributed by atoms with Crippen molar-refractivity contribution in [2.75, 3.05) is 0 Å². The van der Waals surface area contributed by atoms with E-state index in [9.17, 15) is 0 Å².